The molecule has 0 aromatic heterocycles. The smallest absolute Gasteiger partial charge is 0.109 e. The molecule has 4 aliphatic rings. The van der Waals surface area contributed by atoms with Gasteiger partial charge in [-0.2, -0.15) is 0 Å². The highest BCUT2D eigenvalue weighted by atomic mass is 16.5. The fraction of sp³-hybridized carbons (Fsp3) is 0.452. The van der Waals surface area contributed by atoms with Gasteiger partial charge in [0.1, 0.15) is 17.6 Å². The molecule has 0 amide bonds. The van der Waals surface area contributed by atoms with Gasteiger partial charge in [0.15, 0.2) is 0 Å². The highest BCUT2D eigenvalue weighted by Gasteiger charge is 2.48. The van der Waals surface area contributed by atoms with E-state index in [1.807, 2.05) is 6.92 Å². The first-order valence-electron chi connectivity index (χ1n) is 13.1. The number of rotatable bonds is 4. The van der Waals surface area contributed by atoms with Gasteiger partial charge in [-0.05, 0) is 73.4 Å². The number of likely N-dealkylation sites (tertiary alicyclic amines) is 1. The molecule has 0 bridgehead atoms. The molecule has 2 aliphatic carbocycles. The summed E-state index contributed by atoms with van der Waals surface area (Å²) in [6.07, 6.45) is 3.31. The number of nitrogens with one attached hydrogen (secondary N) is 1. The van der Waals surface area contributed by atoms with Gasteiger partial charge in [-0.3, -0.25) is 0 Å². The van der Waals surface area contributed by atoms with Crippen molar-refractivity contribution in [2.45, 2.75) is 59.2 Å². The van der Waals surface area contributed by atoms with Gasteiger partial charge < -0.3 is 19.8 Å². The normalized spacial score (nSPS) is 27.2. The zero-order valence-electron chi connectivity index (χ0n) is 21.4. The predicted octanol–water partition coefficient (Wildman–Crippen LogP) is 6.88. The highest BCUT2D eigenvalue weighted by molar-refractivity contribution is 5.97. The molecule has 35 heavy (non-hydrogen) atoms. The Morgan fingerprint density at radius 3 is 2.17 bits per heavy atom. The molecule has 2 unspecified atom stereocenters. The first-order chi connectivity index (χ1) is 16.9. The molecule has 6 rings (SSSR count). The van der Waals surface area contributed by atoms with Crippen LogP contribution < -0.4 is 0 Å². The number of benzene rings is 2. The Morgan fingerprint density at radius 1 is 0.943 bits per heavy atom. The van der Waals surface area contributed by atoms with E-state index in [0.29, 0.717) is 0 Å². The molecule has 1 saturated heterocycles. The van der Waals surface area contributed by atoms with E-state index in [1.165, 1.54) is 33.4 Å². The summed E-state index contributed by atoms with van der Waals surface area (Å²) in [6, 6.07) is 17.4. The number of nitrogens with zero attached hydrogens (tertiary/aromatic N) is 1. The fourth-order valence-corrected chi connectivity index (χ4v) is 6.81. The molecular weight excluding hydrogens is 432 g/mol. The Balaban J connectivity index is 1.12. The van der Waals surface area contributed by atoms with E-state index in [9.17, 15) is 0 Å². The van der Waals surface area contributed by atoms with Crippen molar-refractivity contribution in [2.75, 3.05) is 19.6 Å². The minimum Gasteiger partial charge on any atom is -0.467 e. The molecule has 1 saturated carbocycles. The van der Waals surface area contributed by atoms with Gasteiger partial charge in [-0.15, -0.1) is 0 Å². The Labute approximate surface area is 209 Å². The maximum Gasteiger partial charge on any atom is 0.109 e. The Morgan fingerprint density at radius 2 is 1.54 bits per heavy atom. The lowest BCUT2D eigenvalue weighted by Crippen LogP contribution is -2.44. The van der Waals surface area contributed by atoms with Crippen LogP contribution >= 0.6 is 0 Å². The standard InChI is InChI=1S/C31H36N2O2/c1-19-20(2)34-21(3)27-17-31(4,30(32)28(19)27)18-33-15-13-22(14-16-33)35-29-25-11-7-5-9-23(25)24-10-6-8-12-26(24)29/h5-12,22,28-29,32H,13-18H2,1-4H3. The summed E-state index contributed by atoms with van der Waals surface area (Å²) in [5.74, 6) is 2.12. The Kier molecular flexibility index (Phi) is 5.50. The Hall–Kier alpha value is -2.69. The summed E-state index contributed by atoms with van der Waals surface area (Å²) in [7, 11) is 0. The van der Waals surface area contributed by atoms with Crippen LogP contribution in [0.2, 0.25) is 0 Å². The zero-order valence-corrected chi connectivity index (χ0v) is 21.4. The van der Waals surface area contributed by atoms with E-state index in [1.54, 1.807) is 0 Å². The molecule has 4 heteroatoms. The third-order valence-electron chi connectivity index (χ3n) is 8.83. The van der Waals surface area contributed by atoms with Crippen LogP contribution in [0.3, 0.4) is 0 Å². The summed E-state index contributed by atoms with van der Waals surface area (Å²) in [6.45, 7) is 11.5. The average molecular weight is 469 g/mol. The second-order valence-electron chi connectivity index (χ2n) is 11.2. The second-order valence-corrected chi connectivity index (χ2v) is 11.2. The first kappa shape index (κ1) is 22.8. The van der Waals surface area contributed by atoms with Gasteiger partial charge in [0.25, 0.3) is 0 Å². The molecule has 2 heterocycles. The lowest BCUT2D eigenvalue weighted by Gasteiger charge is -2.38. The van der Waals surface area contributed by atoms with Crippen LogP contribution in [0.5, 0.6) is 0 Å². The topological polar surface area (TPSA) is 45.6 Å². The van der Waals surface area contributed by atoms with Gasteiger partial charge in [0.2, 0.25) is 0 Å². The summed E-state index contributed by atoms with van der Waals surface area (Å²) in [5.41, 5.74) is 8.49. The van der Waals surface area contributed by atoms with Gasteiger partial charge in [0.05, 0.1) is 6.10 Å². The molecule has 182 valence electrons. The van der Waals surface area contributed by atoms with Crippen LogP contribution in [0.1, 0.15) is 64.2 Å². The zero-order chi connectivity index (χ0) is 24.3. The van der Waals surface area contributed by atoms with Crippen molar-refractivity contribution < 1.29 is 9.47 Å². The Bertz CT molecular complexity index is 1200. The predicted molar refractivity (Wildman–Crippen MR) is 140 cm³/mol. The summed E-state index contributed by atoms with van der Waals surface area (Å²) < 4.78 is 12.8. The number of allylic oxidation sites excluding steroid dienone is 4. The van der Waals surface area contributed by atoms with Crippen molar-refractivity contribution in [3.05, 3.63) is 82.3 Å². The lowest BCUT2D eigenvalue weighted by atomic mass is 9.82. The van der Waals surface area contributed by atoms with Gasteiger partial charge in [-0.25, -0.2) is 0 Å². The summed E-state index contributed by atoms with van der Waals surface area (Å²) in [5, 5.41) is 9.11. The molecule has 2 fully saturated rings. The number of piperidine rings is 1. The van der Waals surface area contributed by atoms with Crippen LogP contribution in [0, 0.1) is 16.7 Å². The molecule has 4 nitrogen and oxygen atoms in total. The van der Waals surface area contributed by atoms with Crippen LogP contribution in [0.15, 0.2) is 71.2 Å². The lowest BCUT2D eigenvalue weighted by molar-refractivity contribution is -0.0281. The van der Waals surface area contributed by atoms with Crippen LogP contribution in [-0.4, -0.2) is 36.3 Å². The summed E-state index contributed by atoms with van der Waals surface area (Å²) >= 11 is 0. The van der Waals surface area contributed by atoms with Crippen LogP contribution in [0.25, 0.3) is 11.1 Å². The van der Waals surface area contributed by atoms with Crippen molar-refractivity contribution in [1.82, 2.24) is 4.90 Å². The van der Waals surface area contributed by atoms with Crippen molar-refractivity contribution in [2.24, 2.45) is 11.3 Å². The minimum atomic E-state index is -0.131. The first-order valence-corrected chi connectivity index (χ1v) is 13.1. The molecule has 2 aromatic carbocycles. The van der Waals surface area contributed by atoms with E-state index < -0.39 is 0 Å². The molecular formula is C31H36N2O2. The maximum absolute atomic E-state index is 9.11. The minimum absolute atomic E-state index is 0.0375. The van der Waals surface area contributed by atoms with E-state index in [4.69, 9.17) is 14.9 Å². The monoisotopic (exact) mass is 468 g/mol. The fourth-order valence-electron chi connectivity index (χ4n) is 6.81. The third-order valence-corrected chi connectivity index (χ3v) is 8.83. The van der Waals surface area contributed by atoms with Crippen molar-refractivity contribution >= 4 is 5.71 Å². The van der Waals surface area contributed by atoms with Gasteiger partial charge in [0, 0.05) is 36.7 Å². The second kappa shape index (κ2) is 8.46. The molecule has 2 atom stereocenters. The summed E-state index contributed by atoms with van der Waals surface area (Å²) in [4.78, 5) is 2.56. The molecule has 0 radical (unpaired) electrons. The largest absolute Gasteiger partial charge is 0.467 e. The van der Waals surface area contributed by atoms with Crippen molar-refractivity contribution in [3.63, 3.8) is 0 Å². The number of fused-ring (bicyclic) bond motifs is 4. The highest BCUT2D eigenvalue weighted by Crippen LogP contribution is 2.50. The van der Waals surface area contributed by atoms with Gasteiger partial charge >= 0.3 is 0 Å². The maximum atomic E-state index is 9.11. The van der Waals surface area contributed by atoms with E-state index in [2.05, 4.69) is 74.2 Å². The molecule has 0 spiro atoms. The SMILES string of the molecule is CC1=C(C)C2C(=N)C(C)(CN3CCC(OC4c5ccccc5-c5ccccc54)CC3)CC2=C(C)O1. The molecule has 1 N–H and O–H groups in total. The number of ether oxygens (including phenoxy) is 2. The van der Waals surface area contributed by atoms with Crippen molar-refractivity contribution in [3.8, 4) is 11.1 Å². The third kappa shape index (κ3) is 3.70. The van der Waals surface area contributed by atoms with E-state index in [0.717, 1.165) is 56.1 Å². The van der Waals surface area contributed by atoms with Gasteiger partial charge in [-0.1, -0.05) is 55.5 Å². The molecule has 2 aromatic rings. The number of hydrogen-bond acceptors (Lipinski definition) is 4. The van der Waals surface area contributed by atoms with Crippen molar-refractivity contribution in [1.29, 1.82) is 5.41 Å². The van der Waals surface area contributed by atoms with Crippen LogP contribution in [-0.2, 0) is 9.47 Å². The average Bonchev–Trinajstić information content (AvgIpc) is 3.31. The van der Waals surface area contributed by atoms with E-state index in [-0.39, 0.29) is 23.5 Å². The van der Waals surface area contributed by atoms with E-state index >= 15 is 0 Å². The van der Waals surface area contributed by atoms with Crippen LogP contribution in [0.4, 0.5) is 0 Å². The number of hydrogen-bond donors (Lipinski definition) is 1. The quantitative estimate of drug-likeness (QED) is 0.532. The molecule has 2 aliphatic heterocycles.